The van der Waals surface area contributed by atoms with E-state index in [4.69, 9.17) is 5.73 Å². The monoisotopic (exact) mass is 248 g/mol. The molecule has 4 nitrogen and oxygen atoms in total. The van der Waals surface area contributed by atoms with E-state index in [1.165, 1.54) is 17.8 Å². The van der Waals surface area contributed by atoms with E-state index in [0.29, 0.717) is 5.92 Å². The molecule has 0 bridgehead atoms. The Morgan fingerprint density at radius 3 is 2.60 bits per heavy atom. The lowest BCUT2D eigenvalue weighted by Gasteiger charge is -2.30. The minimum Gasteiger partial charge on any atom is -0.323 e. The molecule has 1 saturated carbocycles. The van der Waals surface area contributed by atoms with Crippen molar-refractivity contribution in [3.8, 4) is 0 Å². The third kappa shape index (κ3) is 2.48. The van der Waals surface area contributed by atoms with Gasteiger partial charge in [0.25, 0.3) is 0 Å². The average molecular weight is 249 g/mol. The Morgan fingerprint density at radius 1 is 1.53 bits per heavy atom. The van der Waals surface area contributed by atoms with Crippen LogP contribution in [0.2, 0.25) is 0 Å². The molecular formula is C9H13ClN2O2S. The van der Waals surface area contributed by atoms with E-state index in [0.717, 1.165) is 17.7 Å². The van der Waals surface area contributed by atoms with Crippen molar-refractivity contribution in [2.75, 3.05) is 0 Å². The third-order valence-corrected chi connectivity index (χ3v) is 3.92. The van der Waals surface area contributed by atoms with Crippen molar-refractivity contribution in [3.63, 3.8) is 0 Å². The fourth-order valence-electron chi connectivity index (χ4n) is 1.65. The Morgan fingerprint density at radius 2 is 2.20 bits per heavy atom. The van der Waals surface area contributed by atoms with Gasteiger partial charge >= 0.3 is 5.00 Å². The van der Waals surface area contributed by atoms with Gasteiger partial charge in [-0.15, -0.1) is 12.4 Å². The van der Waals surface area contributed by atoms with Gasteiger partial charge in [-0.3, -0.25) is 10.1 Å². The minimum absolute atomic E-state index is 0. The van der Waals surface area contributed by atoms with Gasteiger partial charge in [0.2, 0.25) is 0 Å². The number of rotatable bonds is 3. The second kappa shape index (κ2) is 4.92. The summed E-state index contributed by atoms with van der Waals surface area (Å²) in [5, 5.41) is 10.7. The van der Waals surface area contributed by atoms with Gasteiger partial charge in [0, 0.05) is 17.0 Å². The zero-order valence-corrected chi connectivity index (χ0v) is 9.72. The van der Waals surface area contributed by atoms with E-state index in [1.807, 2.05) is 0 Å². The van der Waals surface area contributed by atoms with Crippen LogP contribution in [0.3, 0.4) is 0 Å². The lowest BCUT2D eigenvalue weighted by Crippen LogP contribution is -2.25. The number of nitrogens with two attached hydrogens (primary N) is 1. The highest BCUT2D eigenvalue weighted by atomic mass is 35.5. The molecule has 1 aliphatic rings. The molecule has 0 aromatic carbocycles. The van der Waals surface area contributed by atoms with Crippen LogP contribution in [0.1, 0.15) is 30.2 Å². The summed E-state index contributed by atoms with van der Waals surface area (Å²) >= 11 is 1.20. The number of nitrogens with zero attached hydrogens (tertiary/aromatic N) is 1. The Bertz CT molecular complexity index is 352. The standard InChI is InChI=1S/C9H12N2O2S.ClH/c10-9(6-2-1-3-6)7-4-5-8(14-7)11(12)13;/h4-6,9H,1-3,10H2;1H/t9-;/m0./s1. The van der Waals surface area contributed by atoms with E-state index in [1.54, 1.807) is 12.1 Å². The summed E-state index contributed by atoms with van der Waals surface area (Å²) in [6.45, 7) is 0. The Labute approximate surface area is 98.0 Å². The number of nitro groups is 1. The van der Waals surface area contributed by atoms with Crippen molar-refractivity contribution in [3.05, 3.63) is 27.1 Å². The SMILES string of the molecule is Cl.N[C@H](c1ccc([N+](=O)[O-])s1)C1CCC1. The molecule has 6 heteroatoms. The molecule has 1 fully saturated rings. The van der Waals surface area contributed by atoms with E-state index < -0.39 is 0 Å². The molecule has 0 radical (unpaired) electrons. The summed E-state index contributed by atoms with van der Waals surface area (Å²) in [4.78, 5) is 11.1. The highest BCUT2D eigenvalue weighted by molar-refractivity contribution is 7.15. The quantitative estimate of drug-likeness (QED) is 0.661. The maximum absolute atomic E-state index is 10.5. The normalized spacial score (nSPS) is 17.7. The number of hydrogen-bond donors (Lipinski definition) is 1. The number of thiophene rings is 1. The molecule has 1 aliphatic carbocycles. The van der Waals surface area contributed by atoms with Crippen molar-refractivity contribution >= 4 is 28.7 Å². The van der Waals surface area contributed by atoms with Gasteiger partial charge in [-0.2, -0.15) is 0 Å². The van der Waals surface area contributed by atoms with Crippen LogP contribution < -0.4 is 5.73 Å². The van der Waals surface area contributed by atoms with Crippen LogP contribution in [0, 0.1) is 16.0 Å². The molecular weight excluding hydrogens is 236 g/mol. The van der Waals surface area contributed by atoms with Gasteiger partial charge in [-0.05, 0) is 24.8 Å². The Balaban J connectivity index is 0.00000112. The van der Waals surface area contributed by atoms with E-state index in [-0.39, 0.29) is 28.4 Å². The first-order valence-electron chi connectivity index (χ1n) is 4.68. The zero-order valence-electron chi connectivity index (χ0n) is 8.09. The molecule has 84 valence electrons. The summed E-state index contributed by atoms with van der Waals surface area (Å²) in [5.41, 5.74) is 6.00. The topological polar surface area (TPSA) is 69.2 Å². The summed E-state index contributed by atoms with van der Waals surface area (Å²) in [6.07, 6.45) is 3.56. The lowest BCUT2D eigenvalue weighted by atomic mass is 9.79. The summed E-state index contributed by atoms with van der Waals surface area (Å²) in [6, 6.07) is 3.33. The Hall–Kier alpha value is -0.650. The largest absolute Gasteiger partial charge is 0.324 e. The molecule has 0 amide bonds. The first kappa shape index (κ1) is 12.4. The first-order chi connectivity index (χ1) is 6.68. The molecule has 0 spiro atoms. The summed E-state index contributed by atoms with van der Waals surface area (Å²) in [5.74, 6) is 0.535. The maximum atomic E-state index is 10.5. The van der Waals surface area contributed by atoms with Crippen LogP contribution in [0.5, 0.6) is 0 Å². The third-order valence-electron chi connectivity index (χ3n) is 2.78. The number of halogens is 1. The van der Waals surface area contributed by atoms with Crippen molar-refractivity contribution < 1.29 is 4.92 Å². The molecule has 1 heterocycles. The minimum atomic E-state index is -0.359. The molecule has 15 heavy (non-hydrogen) atoms. The van der Waals surface area contributed by atoms with Gasteiger partial charge in [0.1, 0.15) is 0 Å². The summed E-state index contributed by atoms with van der Waals surface area (Å²) in [7, 11) is 0. The van der Waals surface area contributed by atoms with Gasteiger partial charge in [0.05, 0.1) is 4.92 Å². The second-order valence-electron chi connectivity index (χ2n) is 3.65. The van der Waals surface area contributed by atoms with Crippen LogP contribution in [0.25, 0.3) is 0 Å². The average Bonchev–Trinajstić information content (AvgIpc) is 2.48. The van der Waals surface area contributed by atoms with Crippen LogP contribution in [0.15, 0.2) is 12.1 Å². The molecule has 1 aromatic heterocycles. The van der Waals surface area contributed by atoms with Crippen LogP contribution in [-0.2, 0) is 0 Å². The number of hydrogen-bond acceptors (Lipinski definition) is 4. The highest BCUT2D eigenvalue weighted by Gasteiger charge is 2.27. The van der Waals surface area contributed by atoms with Crippen molar-refractivity contribution in [2.24, 2.45) is 11.7 Å². The fraction of sp³-hybridized carbons (Fsp3) is 0.556. The van der Waals surface area contributed by atoms with Gasteiger partial charge in [0.15, 0.2) is 0 Å². The van der Waals surface area contributed by atoms with Crippen LogP contribution >= 0.6 is 23.7 Å². The van der Waals surface area contributed by atoms with Crippen molar-refractivity contribution in [1.29, 1.82) is 0 Å². The molecule has 1 atom stereocenters. The smallest absolute Gasteiger partial charge is 0.323 e. The molecule has 2 N–H and O–H groups in total. The molecule has 0 aliphatic heterocycles. The predicted octanol–water partition coefficient (Wildman–Crippen LogP) is 2.88. The fourth-order valence-corrected chi connectivity index (χ4v) is 2.57. The van der Waals surface area contributed by atoms with Crippen molar-refractivity contribution in [1.82, 2.24) is 0 Å². The summed E-state index contributed by atoms with van der Waals surface area (Å²) < 4.78 is 0. The molecule has 1 aromatic rings. The van der Waals surface area contributed by atoms with Gasteiger partial charge in [-0.25, -0.2) is 0 Å². The van der Waals surface area contributed by atoms with Crippen LogP contribution in [-0.4, -0.2) is 4.92 Å². The maximum Gasteiger partial charge on any atom is 0.324 e. The van der Waals surface area contributed by atoms with Crippen molar-refractivity contribution in [2.45, 2.75) is 25.3 Å². The molecule has 2 rings (SSSR count). The second-order valence-corrected chi connectivity index (χ2v) is 4.74. The lowest BCUT2D eigenvalue weighted by molar-refractivity contribution is -0.380. The predicted molar refractivity (Wildman–Crippen MR) is 62.5 cm³/mol. The zero-order chi connectivity index (χ0) is 10.1. The molecule has 0 unspecified atom stereocenters. The molecule has 0 saturated heterocycles. The van der Waals surface area contributed by atoms with E-state index in [2.05, 4.69) is 0 Å². The Kier molecular flexibility index (Phi) is 4.07. The van der Waals surface area contributed by atoms with E-state index in [9.17, 15) is 10.1 Å². The first-order valence-corrected chi connectivity index (χ1v) is 5.50. The van der Waals surface area contributed by atoms with E-state index >= 15 is 0 Å². The van der Waals surface area contributed by atoms with Gasteiger partial charge in [-0.1, -0.05) is 17.8 Å². The highest BCUT2D eigenvalue weighted by Crippen LogP contribution is 2.39. The van der Waals surface area contributed by atoms with Gasteiger partial charge < -0.3 is 5.73 Å². The van der Waals surface area contributed by atoms with Crippen LogP contribution in [0.4, 0.5) is 5.00 Å².